The number of fused-ring (bicyclic) bond motifs is 3. The van der Waals surface area contributed by atoms with Gasteiger partial charge in [-0.3, -0.25) is 9.36 Å². The molecule has 0 saturated carbocycles. The molecule has 150 valence electrons. The summed E-state index contributed by atoms with van der Waals surface area (Å²) < 4.78 is 18.1. The van der Waals surface area contributed by atoms with Crippen molar-refractivity contribution in [1.29, 1.82) is 0 Å². The maximum absolute atomic E-state index is 13.6. The predicted octanol–water partition coefficient (Wildman–Crippen LogP) is 2.86. The molecule has 1 aliphatic carbocycles. The van der Waals surface area contributed by atoms with Gasteiger partial charge in [0.1, 0.15) is 0 Å². The zero-order chi connectivity index (χ0) is 19.7. The van der Waals surface area contributed by atoms with E-state index in [1.165, 1.54) is 17.3 Å². The van der Waals surface area contributed by atoms with Gasteiger partial charge in [0.25, 0.3) is 5.56 Å². The Morgan fingerprint density at radius 3 is 2.79 bits per heavy atom. The van der Waals surface area contributed by atoms with E-state index in [2.05, 4.69) is 26.0 Å². The Balaban J connectivity index is 1.86. The Morgan fingerprint density at radius 1 is 1.29 bits per heavy atom. The number of methoxy groups -OCH3 is 1. The van der Waals surface area contributed by atoms with Crippen LogP contribution in [0.4, 0.5) is 0 Å². The molecule has 2 heterocycles. The van der Waals surface area contributed by atoms with Gasteiger partial charge >= 0.3 is 0 Å². The lowest BCUT2D eigenvalue weighted by molar-refractivity contribution is -0.0548. The molecule has 0 atom stereocenters. The van der Waals surface area contributed by atoms with Gasteiger partial charge in [0, 0.05) is 29.4 Å². The number of hydrogen-bond donors (Lipinski definition) is 0. The van der Waals surface area contributed by atoms with Crippen LogP contribution >= 0.6 is 11.8 Å². The van der Waals surface area contributed by atoms with Crippen LogP contribution in [0.2, 0.25) is 0 Å². The fourth-order valence-corrected chi connectivity index (χ4v) is 4.86. The average molecular weight is 403 g/mol. The van der Waals surface area contributed by atoms with Crippen LogP contribution < -0.4 is 5.56 Å². The molecule has 2 aliphatic rings. The lowest BCUT2D eigenvalue weighted by Crippen LogP contribution is -2.40. The molecule has 7 heteroatoms. The number of thioether (sulfide) groups is 1. The van der Waals surface area contributed by atoms with Crippen molar-refractivity contribution in [2.75, 3.05) is 32.7 Å². The van der Waals surface area contributed by atoms with E-state index in [9.17, 15) is 4.79 Å². The van der Waals surface area contributed by atoms with Crippen molar-refractivity contribution in [3.8, 4) is 11.3 Å². The van der Waals surface area contributed by atoms with Gasteiger partial charge in [0.2, 0.25) is 0 Å². The van der Waals surface area contributed by atoms with Gasteiger partial charge in [-0.25, -0.2) is 4.98 Å². The number of benzene rings is 1. The zero-order valence-corrected chi connectivity index (χ0v) is 17.4. The van der Waals surface area contributed by atoms with Crippen LogP contribution in [0.1, 0.15) is 25.0 Å². The molecule has 0 radical (unpaired) electrons. The summed E-state index contributed by atoms with van der Waals surface area (Å²) in [4.78, 5) is 18.6. The van der Waals surface area contributed by atoms with Crippen molar-refractivity contribution < 1.29 is 14.2 Å². The molecule has 1 fully saturated rings. The smallest absolute Gasteiger partial charge is 0.258 e. The van der Waals surface area contributed by atoms with Crippen molar-refractivity contribution in [2.24, 2.45) is 0 Å². The van der Waals surface area contributed by atoms with E-state index in [1.807, 2.05) is 12.1 Å². The van der Waals surface area contributed by atoms with Crippen LogP contribution in [0.25, 0.3) is 11.3 Å². The second kappa shape index (κ2) is 7.99. The summed E-state index contributed by atoms with van der Waals surface area (Å²) in [6.07, 6.45) is 0.415. The minimum absolute atomic E-state index is 0.00326. The standard InChI is InChI=1S/C21H26N2O4S/c1-21(2)12-14-6-4-5-7-15(14)18-17(21)19(24)23(13-16-26-8-9-27-16)20(22-18)28-11-10-25-3/h4-7,16H,8-13H2,1-3H3. The quantitative estimate of drug-likeness (QED) is 0.421. The van der Waals surface area contributed by atoms with Gasteiger partial charge < -0.3 is 14.2 Å². The van der Waals surface area contributed by atoms with Crippen molar-refractivity contribution in [3.63, 3.8) is 0 Å². The van der Waals surface area contributed by atoms with E-state index in [4.69, 9.17) is 19.2 Å². The molecule has 1 saturated heterocycles. The maximum Gasteiger partial charge on any atom is 0.258 e. The third-order valence-electron chi connectivity index (χ3n) is 5.26. The number of rotatable bonds is 6. The summed E-state index contributed by atoms with van der Waals surface area (Å²) >= 11 is 1.53. The molecule has 0 spiro atoms. The minimum atomic E-state index is -0.404. The SMILES string of the molecule is COCCSc1nc2c(c(=O)n1CC1OCCO1)C(C)(C)Cc1ccccc1-2. The largest absolute Gasteiger partial charge is 0.384 e. The van der Waals surface area contributed by atoms with Gasteiger partial charge in [-0.05, 0) is 12.0 Å². The summed E-state index contributed by atoms with van der Waals surface area (Å²) in [5, 5.41) is 0.687. The van der Waals surface area contributed by atoms with Crippen LogP contribution in [-0.2, 0) is 32.6 Å². The second-order valence-corrected chi connectivity index (χ2v) is 8.83. The lowest BCUT2D eigenvalue weighted by atomic mass is 9.72. The molecule has 1 aliphatic heterocycles. The molecule has 1 aromatic carbocycles. The summed E-state index contributed by atoms with van der Waals surface area (Å²) in [5.41, 5.74) is 3.59. The highest BCUT2D eigenvalue weighted by molar-refractivity contribution is 7.99. The molecule has 0 N–H and O–H groups in total. The van der Waals surface area contributed by atoms with E-state index < -0.39 is 6.29 Å². The Bertz CT molecular complexity index is 919. The van der Waals surface area contributed by atoms with Gasteiger partial charge in [-0.1, -0.05) is 49.9 Å². The average Bonchev–Trinajstić information content (AvgIpc) is 3.17. The minimum Gasteiger partial charge on any atom is -0.384 e. The summed E-state index contributed by atoms with van der Waals surface area (Å²) in [6, 6.07) is 8.24. The molecule has 6 nitrogen and oxygen atoms in total. The van der Waals surface area contributed by atoms with Crippen molar-refractivity contribution in [2.45, 2.75) is 43.7 Å². The zero-order valence-electron chi connectivity index (χ0n) is 16.6. The van der Waals surface area contributed by atoms with Crippen LogP contribution in [0.15, 0.2) is 34.2 Å². The fourth-order valence-electron chi connectivity index (χ4n) is 3.96. The highest BCUT2D eigenvalue weighted by Crippen LogP contribution is 2.41. The Kier molecular flexibility index (Phi) is 5.60. The third-order valence-corrected chi connectivity index (χ3v) is 6.20. The molecule has 4 rings (SSSR count). The van der Waals surface area contributed by atoms with E-state index in [0.29, 0.717) is 31.5 Å². The fraction of sp³-hybridized carbons (Fsp3) is 0.524. The molecular weight excluding hydrogens is 376 g/mol. The summed E-state index contributed by atoms with van der Waals surface area (Å²) in [5.74, 6) is 0.721. The molecule has 28 heavy (non-hydrogen) atoms. The normalized spacial score (nSPS) is 18.1. The number of ether oxygens (including phenoxy) is 3. The monoisotopic (exact) mass is 402 g/mol. The highest BCUT2D eigenvalue weighted by Gasteiger charge is 2.36. The van der Waals surface area contributed by atoms with Crippen molar-refractivity contribution in [3.05, 3.63) is 45.7 Å². The number of aromatic nitrogens is 2. The Labute approximate surface area is 169 Å². The topological polar surface area (TPSA) is 62.6 Å². The van der Waals surface area contributed by atoms with Gasteiger partial charge in [0.15, 0.2) is 11.4 Å². The first kappa shape index (κ1) is 19.6. The first-order valence-electron chi connectivity index (χ1n) is 9.60. The first-order chi connectivity index (χ1) is 13.5. The number of hydrogen-bond acceptors (Lipinski definition) is 6. The van der Waals surface area contributed by atoms with Crippen molar-refractivity contribution in [1.82, 2.24) is 9.55 Å². The summed E-state index contributed by atoms with van der Waals surface area (Å²) in [7, 11) is 1.67. The van der Waals surface area contributed by atoms with Crippen LogP contribution in [-0.4, -0.2) is 48.5 Å². The molecular formula is C21H26N2O4S. The van der Waals surface area contributed by atoms with Crippen LogP contribution in [0, 0.1) is 0 Å². The van der Waals surface area contributed by atoms with Crippen LogP contribution in [0.5, 0.6) is 0 Å². The van der Waals surface area contributed by atoms with Gasteiger partial charge in [-0.2, -0.15) is 0 Å². The molecule has 1 aromatic heterocycles. The van der Waals surface area contributed by atoms with Gasteiger partial charge in [0.05, 0.1) is 32.1 Å². The second-order valence-electron chi connectivity index (χ2n) is 7.76. The van der Waals surface area contributed by atoms with E-state index in [0.717, 1.165) is 29.0 Å². The predicted molar refractivity (Wildman–Crippen MR) is 109 cm³/mol. The number of nitrogens with zero attached hydrogens (tertiary/aromatic N) is 2. The molecule has 0 unspecified atom stereocenters. The Hall–Kier alpha value is -1.67. The summed E-state index contributed by atoms with van der Waals surface area (Å²) in [6.45, 7) is 6.30. The first-order valence-corrected chi connectivity index (χ1v) is 10.6. The van der Waals surface area contributed by atoms with Gasteiger partial charge in [-0.15, -0.1) is 0 Å². The van der Waals surface area contributed by atoms with Crippen LogP contribution in [0.3, 0.4) is 0 Å². The van der Waals surface area contributed by atoms with E-state index >= 15 is 0 Å². The molecule has 0 bridgehead atoms. The van der Waals surface area contributed by atoms with Crippen molar-refractivity contribution >= 4 is 11.8 Å². The lowest BCUT2D eigenvalue weighted by Gasteiger charge is -2.33. The Morgan fingerprint density at radius 2 is 2.04 bits per heavy atom. The molecule has 2 aromatic rings. The maximum atomic E-state index is 13.6. The third kappa shape index (κ3) is 3.64. The van der Waals surface area contributed by atoms with E-state index in [-0.39, 0.29) is 11.0 Å². The molecule has 0 amide bonds. The van der Waals surface area contributed by atoms with E-state index in [1.54, 1.807) is 11.7 Å². The highest BCUT2D eigenvalue weighted by atomic mass is 32.2.